The van der Waals surface area contributed by atoms with Crippen molar-refractivity contribution in [3.05, 3.63) is 29.8 Å². The van der Waals surface area contributed by atoms with Gasteiger partial charge in [-0.05, 0) is 36.0 Å². The molecule has 24 heavy (non-hydrogen) atoms. The maximum atomic E-state index is 12.2. The third-order valence-electron chi connectivity index (χ3n) is 4.82. The predicted octanol–water partition coefficient (Wildman–Crippen LogP) is 2.60. The van der Waals surface area contributed by atoms with Crippen molar-refractivity contribution in [2.45, 2.75) is 58.5 Å². The molecule has 2 atom stereocenters. The molecule has 0 unspecified atom stereocenters. The monoisotopic (exact) mass is 327 g/mol. The number of aryl methyl sites for hydroxylation is 1. The highest BCUT2D eigenvalue weighted by Gasteiger charge is 2.23. The summed E-state index contributed by atoms with van der Waals surface area (Å²) in [7, 11) is 0. The number of rotatable bonds is 5. The van der Waals surface area contributed by atoms with Crippen molar-refractivity contribution in [3.63, 3.8) is 0 Å². The summed E-state index contributed by atoms with van der Waals surface area (Å²) in [4.78, 5) is 13.6. The van der Waals surface area contributed by atoms with E-state index in [0.29, 0.717) is 11.7 Å². The van der Waals surface area contributed by atoms with Crippen LogP contribution in [0, 0.1) is 5.92 Å². The quantitative estimate of drug-likeness (QED) is 0.916. The Labute approximate surface area is 142 Å². The van der Waals surface area contributed by atoms with Crippen LogP contribution in [0.3, 0.4) is 0 Å². The van der Waals surface area contributed by atoms with Gasteiger partial charge in [0.25, 0.3) is 0 Å². The number of nitrogens with one attached hydrogen (secondary N) is 1. The van der Waals surface area contributed by atoms with E-state index in [0.717, 1.165) is 18.4 Å². The molecular formula is C18H25N5O. The van der Waals surface area contributed by atoms with Gasteiger partial charge in [0.1, 0.15) is 6.54 Å². The predicted molar refractivity (Wildman–Crippen MR) is 92.2 cm³/mol. The zero-order valence-corrected chi connectivity index (χ0v) is 14.4. The van der Waals surface area contributed by atoms with Gasteiger partial charge in [0.2, 0.25) is 11.7 Å². The Bertz CT molecular complexity index is 679. The summed E-state index contributed by atoms with van der Waals surface area (Å²) in [5.74, 6) is 1.05. The second-order valence-electron chi connectivity index (χ2n) is 6.63. The van der Waals surface area contributed by atoms with E-state index in [1.807, 2.05) is 12.1 Å². The maximum absolute atomic E-state index is 12.2. The zero-order chi connectivity index (χ0) is 16.9. The third-order valence-corrected chi connectivity index (χ3v) is 4.82. The van der Waals surface area contributed by atoms with E-state index < -0.39 is 0 Å². The molecule has 0 saturated heterocycles. The Hall–Kier alpha value is -2.24. The maximum Gasteiger partial charge on any atom is 0.243 e. The van der Waals surface area contributed by atoms with Crippen LogP contribution in [0.25, 0.3) is 11.4 Å². The Balaban J connectivity index is 1.59. The number of carbonyl (C=O) groups is 1. The van der Waals surface area contributed by atoms with Gasteiger partial charge in [-0.15, -0.1) is 10.2 Å². The van der Waals surface area contributed by atoms with Crippen LogP contribution in [-0.4, -0.2) is 32.2 Å². The van der Waals surface area contributed by atoms with E-state index in [1.54, 1.807) is 0 Å². The molecular weight excluding hydrogens is 302 g/mol. The van der Waals surface area contributed by atoms with Crippen molar-refractivity contribution in [3.8, 4) is 11.4 Å². The molecule has 6 heteroatoms. The molecule has 1 aliphatic rings. The van der Waals surface area contributed by atoms with Gasteiger partial charge >= 0.3 is 0 Å². The average molecular weight is 327 g/mol. The minimum Gasteiger partial charge on any atom is -0.351 e. The van der Waals surface area contributed by atoms with Crippen LogP contribution in [0.4, 0.5) is 0 Å². The normalized spacial score (nSPS) is 20.8. The molecule has 0 radical (unpaired) electrons. The second kappa shape index (κ2) is 7.55. The number of carbonyl (C=O) groups excluding carboxylic acids is 1. The fraction of sp³-hybridized carbons (Fsp3) is 0.556. The summed E-state index contributed by atoms with van der Waals surface area (Å²) in [5, 5.41) is 15.5. The highest BCUT2D eigenvalue weighted by molar-refractivity contribution is 5.75. The average Bonchev–Trinajstić information content (AvgIpc) is 3.05. The summed E-state index contributed by atoms with van der Waals surface area (Å²) in [6, 6.07) is 8.38. The van der Waals surface area contributed by atoms with Crippen LogP contribution in [0.1, 0.15) is 45.1 Å². The minimum absolute atomic E-state index is 0.0426. The molecule has 3 rings (SSSR count). The molecule has 1 amide bonds. The summed E-state index contributed by atoms with van der Waals surface area (Å²) >= 11 is 0. The van der Waals surface area contributed by atoms with Gasteiger partial charge in [-0.1, -0.05) is 51.0 Å². The Morgan fingerprint density at radius 2 is 2.00 bits per heavy atom. The van der Waals surface area contributed by atoms with Crippen LogP contribution in [0.5, 0.6) is 0 Å². The lowest BCUT2D eigenvalue weighted by atomic mass is 9.86. The molecule has 0 spiro atoms. The van der Waals surface area contributed by atoms with Crippen LogP contribution in [-0.2, 0) is 17.8 Å². The van der Waals surface area contributed by atoms with Crippen LogP contribution in [0.2, 0.25) is 0 Å². The number of hydrogen-bond donors (Lipinski definition) is 1. The van der Waals surface area contributed by atoms with E-state index >= 15 is 0 Å². The lowest BCUT2D eigenvalue weighted by Gasteiger charge is -2.29. The number of benzene rings is 1. The van der Waals surface area contributed by atoms with E-state index in [1.165, 1.54) is 29.6 Å². The van der Waals surface area contributed by atoms with Gasteiger partial charge in [-0.25, -0.2) is 0 Å². The zero-order valence-electron chi connectivity index (χ0n) is 14.4. The van der Waals surface area contributed by atoms with Gasteiger partial charge < -0.3 is 5.32 Å². The number of tetrazole rings is 1. The van der Waals surface area contributed by atoms with Crippen molar-refractivity contribution in [2.24, 2.45) is 5.92 Å². The fourth-order valence-corrected chi connectivity index (χ4v) is 3.23. The minimum atomic E-state index is -0.0426. The molecule has 1 aromatic carbocycles. The van der Waals surface area contributed by atoms with E-state index in [9.17, 15) is 4.79 Å². The van der Waals surface area contributed by atoms with Crippen molar-refractivity contribution < 1.29 is 4.79 Å². The second-order valence-corrected chi connectivity index (χ2v) is 6.63. The number of nitrogens with zero attached hydrogens (tertiary/aromatic N) is 4. The fourth-order valence-electron chi connectivity index (χ4n) is 3.23. The molecule has 6 nitrogen and oxygen atoms in total. The van der Waals surface area contributed by atoms with Crippen LogP contribution >= 0.6 is 0 Å². The van der Waals surface area contributed by atoms with E-state index in [4.69, 9.17) is 0 Å². The summed E-state index contributed by atoms with van der Waals surface area (Å²) in [5.41, 5.74) is 2.19. The molecule has 1 fully saturated rings. The lowest BCUT2D eigenvalue weighted by molar-refractivity contribution is -0.123. The van der Waals surface area contributed by atoms with Crippen molar-refractivity contribution in [1.82, 2.24) is 25.5 Å². The summed E-state index contributed by atoms with van der Waals surface area (Å²) < 4.78 is 0. The molecule has 128 valence electrons. The molecule has 1 saturated carbocycles. The highest BCUT2D eigenvalue weighted by Crippen LogP contribution is 2.23. The first-order valence-corrected chi connectivity index (χ1v) is 8.82. The molecule has 0 aliphatic heterocycles. The summed E-state index contributed by atoms with van der Waals surface area (Å²) in [6.45, 7) is 4.44. The smallest absolute Gasteiger partial charge is 0.243 e. The van der Waals surface area contributed by atoms with Crippen LogP contribution in [0.15, 0.2) is 24.3 Å². The SMILES string of the molecule is CCc1ccc(-c2nnn(CC(=O)N[C@H]3CCCC[C@H]3C)n2)cc1. The molecule has 1 N–H and O–H groups in total. The number of hydrogen-bond acceptors (Lipinski definition) is 4. The topological polar surface area (TPSA) is 72.7 Å². The van der Waals surface area contributed by atoms with Crippen molar-refractivity contribution >= 4 is 5.91 Å². The lowest BCUT2D eigenvalue weighted by Crippen LogP contribution is -2.42. The largest absolute Gasteiger partial charge is 0.351 e. The molecule has 1 aliphatic carbocycles. The van der Waals surface area contributed by atoms with Gasteiger partial charge in [0, 0.05) is 11.6 Å². The Morgan fingerprint density at radius 3 is 2.71 bits per heavy atom. The van der Waals surface area contributed by atoms with Gasteiger partial charge in [0.15, 0.2) is 0 Å². The van der Waals surface area contributed by atoms with E-state index in [2.05, 4.69) is 46.7 Å². The molecule has 1 aromatic heterocycles. The molecule has 2 aromatic rings. The van der Waals surface area contributed by atoms with Gasteiger partial charge in [-0.3, -0.25) is 4.79 Å². The summed E-state index contributed by atoms with van der Waals surface area (Å²) in [6.07, 6.45) is 5.70. The molecule has 1 heterocycles. The Kier molecular flexibility index (Phi) is 5.23. The van der Waals surface area contributed by atoms with Crippen molar-refractivity contribution in [2.75, 3.05) is 0 Å². The van der Waals surface area contributed by atoms with Crippen molar-refractivity contribution in [1.29, 1.82) is 0 Å². The molecule has 0 bridgehead atoms. The Morgan fingerprint density at radius 1 is 1.25 bits per heavy atom. The van der Waals surface area contributed by atoms with Gasteiger partial charge in [0.05, 0.1) is 0 Å². The first kappa shape index (κ1) is 16.6. The number of aromatic nitrogens is 4. The van der Waals surface area contributed by atoms with E-state index in [-0.39, 0.29) is 18.5 Å². The first-order chi connectivity index (χ1) is 11.7. The number of amides is 1. The highest BCUT2D eigenvalue weighted by atomic mass is 16.2. The van der Waals surface area contributed by atoms with Crippen LogP contribution < -0.4 is 5.32 Å². The third kappa shape index (κ3) is 3.99. The standard InChI is InChI=1S/C18H25N5O/c1-3-14-8-10-15(11-9-14)18-20-22-23(21-18)12-17(24)19-16-7-5-4-6-13(16)2/h8-11,13,16H,3-7,12H2,1-2H3,(H,19,24)/t13-,16+/m1/s1. The first-order valence-electron chi connectivity index (χ1n) is 8.82. The van der Waals surface area contributed by atoms with Gasteiger partial charge in [-0.2, -0.15) is 4.80 Å².